The van der Waals surface area contributed by atoms with Crippen molar-refractivity contribution in [3.63, 3.8) is 0 Å². The first-order valence-electron chi connectivity index (χ1n) is 7.08. The molecule has 0 aromatic rings. The third-order valence-electron chi connectivity index (χ3n) is 3.25. The highest BCUT2D eigenvalue weighted by molar-refractivity contribution is 5.68. The molecule has 1 amide bonds. The summed E-state index contributed by atoms with van der Waals surface area (Å²) in [5.74, 6) is 0. The SMILES string of the molecule is CNCCN(C(=O)OC(C)(C)C)C1CCCCC1. The highest BCUT2D eigenvalue weighted by Crippen LogP contribution is 2.24. The van der Waals surface area contributed by atoms with Crippen molar-refractivity contribution in [3.05, 3.63) is 0 Å². The van der Waals surface area contributed by atoms with Gasteiger partial charge in [-0.3, -0.25) is 0 Å². The van der Waals surface area contributed by atoms with E-state index in [-0.39, 0.29) is 6.09 Å². The van der Waals surface area contributed by atoms with E-state index in [1.807, 2.05) is 32.7 Å². The average molecular weight is 256 g/mol. The molecular weight excluding hydrogens is 228 g/mol. The number of hydrogen-bond acceptors (Lipinski definition) is 3. The largest absolute Gasteiger partial charge is 0.444 e. The van der Waals surface area contributed by atoms with Crippen LogP contribution >= 0.6 is 0 Å². The predicted molar refractivity (Wildman–Crippen MR) is 73.7 cm³/mol. The van der Waals surface area contributed by atoms with Crippen molar-refractivity contribution in [2.24, 2.45) is 0 Å². The standard InChI is InChI=1S/C14H28N2O2/c1-14(2,3)18-13(17)16(11-10-15-4)12-8-6-5-7-9-12/h12,15H,5-11H2,1-4H3. The van der Waals surface area contributed by atoms with E-state index in [1.165, 1.54) is 19.3 Å². The quantitative estimate of drug-likeness (QED) is 0.841. The second-order valence-electron chi connectivity index (χ2n) is 6.07. The van der Waals surface area contributed by atoms with Gasteiger partial charge in [-0.05, 0) is 40.7 Å². The van der Waals surface area contributed by atoms with Gasteiger partial charge < -0.3 is 15.0 Å². The molecule has 0 atom stereocenters. The molecule has 0 spiro atoms. The van der Waals surface area contributed by atoms with E-state index in [0.29, 0.717) is 6.04 Å². The van der Waals surface area contributed by atoms with E-state index >= 15 is 0 Å². The molecule has 1 aliphatic carbocycles. The Balaban J connectivity index is 2.60. The molecule has 0 heterocycles. The molecule has 106 valence electrons. The van der Waals surface area contributed by atoms with Gasteiger partial charge in [-0.2, -0.15) is 0 Å². The van der Waals surface area contributed by atoms with Crippen LogP contribution in [0.4, 0.5) is 4.79 Å². The predicted octanol–water partition coefficient (Wildman–Crippen LogP) is 2.78. The fourth-order valence-corrected chi connectivity index (χ4v) is 2.37. The van der Waals surface area contributed by atoms with E-state index in [9.17, 15) is 4.79 Å². The molecule has 1 rings (SSSR count). The van der Waals surface area contributed by atoms with Crippen molar-refractivity contribution < 1.29 is 9.53 Å². The van der Waals surface area contributed by atoms with Crippen LogP contribution in [0.3, 0.4) is 0 Å². The zero-order valence-corrected chi connectivity index (χ0v) is 12.3. The molecule has 0 unspecified atom stereocenters. The fourth-order valence-electron chi connectivity index (χ4n) is 2.37. The number of nitrogens with one attached hydrogen (secondary N) is 1. The minimum Gasteiger partial charge on any atom is -0.444 e. The van der Waals surface area contributed by atoms with Gasteiger partial charge in [0.2, 0.25) is 0 Å². The van der Waals surface area contributed by atoms with Crippen LogP contribution < -0.4 is 5.32 Å². The lowest BCUT2D eigenvalue weighted by atomic mass is 9.94. The summed E-state index contributed by atoms with van der Waals surface area (Å²) in [6.45, 7) is 7.30. The van der Waals surface area contributed by atoms with E-state index < -0.39 is 5.60 Å². The van der Waals surface area contributed by atoms with Crippen molar-refractivity contribution in [1.29, 1.82) is 0 Å². The summed E-state index contributed by atoms with van der Waals surface area (Å²) in [7, 11) is 1.91. The molecule has 1 fully saturated rings. The Labute approximate surface area is 111 Å². The van der Waals surface area contributed by atoms with Gasteiger partial charge >= 0.3 is 6.09 Å². The Morgan fingerprint density at radius 1 is 1.28 bits per heavy atom. The topological polar surface area (TPSA) is 41.6 Å². The van der Waals surface area contributed by atoms with Gasteiger partial charge in [-0.15, -0.1) is 0 Å². The number of hydrogen-bond donors (Lipinski definition) is 1. The van der Waals surface area contributed by atoms with E-state index in [1.54, 1.807) is 0 Å². The summed E-state index contributed by atoms with van der Waals surface area (Å²) in [4.78, 5) is 14.2. The van der Waals surface area contributed by atoms with Crippen LogP contribution in [0.15, 0.2) is 0 Å². The average Bonchev–Trinajstić information content (AvgIpc) is 2.28. The van der Waals surface area contributed by atoms with Crippen molar-refractivity contribution in [1.82, 2.24) is 10.2 Å². The number of nitrogens with zero attached hydrogens (tertiary/aromatic N) is 1. The summed E-state index contributed by atoms with van der Waals surface area (Å²) >= 11 is 0. The van der Waals surface area contributed by atoms with E-state index in [2.05, 4.69) is 5.32 Å². The van der Waals surface area contributed by atoms with Crippen LogP contribution in [0.25, 0.3) is 0 Å². The lowest BCUT2D eigenvalue weighted by Crippen LogP contribution is -2.46. The van der Waals surface area contributed by atoms with E-state index in [4.69, 9.17) is 4.74 Å². The van der Waals surface area contributed by atoms with Crippen molar-refractivity contribution in [2.45, 2.75) is 64.5 Å². The molecule has 0 bridgehead atoms. The van der Waals surface area contributed by atoms with Gasteiger partial charge in [-0.25, -0.2) is 4.79 Å². The zero-order chi connectivity index (χ0) is 13.6. The number of carbonyl (C=O) groups excluding carboxylic acids is 1. The normalized spacial score (nSPS) is 17.6. The maximum Gasteiger partial charge on any atom is 0.410 e. The second-order valence-corrected chi connectivity index (χ2v) is 6.07. The van der Waals surface area contributed by atoms with Gasteiger partial charge in [-0.1, -0.05) is 19.3 Å². The van der Waals surface area contributed by atoms with Crippen LogP contribution in [-0.4, -0.2) is 42.8 Å². The van der Waals surface area contributed by atoms with Crippen LogP contribution in [0.2, 0.25) is 0 Å². The molecule has 1 saturated carbocycles. The van der Waals surface area contributed by atoms with Crippen LogP contribution in [0, 0.1) is 0 Å². The fraction of sp³-hybridized carbons (Fsp3) is 0.929. The first kappa shape index (κ1) is 15.3. The van der Waals surface area contributed by atoms with Crippen molar-refractivity contribution in [3.8, 4) is 0 Å². The third-order valence-corrected chi connectivity index (χ3v) is 3.25. The minimum atomic E-state index is -0.413. The minimum absolute atomic E-state index is 0.162. The monoisotopic (exact) mass is 256 g/mol. The molecule has 0 aliphatic heterocycles. The second kappa shape index (κ2) is 6.98. The van der Waals surface area contributed by atoms with E-state index in [0.717, 1.165) is 25.9 Å². The first-order chi connectivity index (χ1) is 8.44. The number of rotatable bonds is 4. The van der Waals surface area contributed by atoms with Crippen LogP contribution in [-0.2, 0) is 4.74 Å². The molecule has 1 N–H and O–H groups in total. The summed E-state index contributed by atoms with van der Waals surface area (Å²) in [5.41, 5.74) is -0.413. The van der Waals surface area contributed by atoms with Crippen molar-refractivity contribution >= 4 is 6.09 Å². The maximum absolute atomic E-state index is 12.2. The third kappa shape index (κ3) is 5.25. The Kier molecular flexibility index (Phi) is 5.93. The summed E-state index contributed by atoms with van der Waals surface area (Å²) in [6, 6.07) is 0.363. The molecular formula is C14H28N2O2. The summed E-state index contributed by atoms with van der Waals surface area (Å²) in [6.07, 6.45) is 5.81. The van der Waals surface area contributed by atoms with Crippen LogP contribution in [0.1, 0.15) is 52.9 Å². The van der Waals surface area contributed by atoms with Crippen molar-refractivity contribution in [2.75, 3.05) is 20.1 Å². The first-order valence-corrected chi connectivity index (χ1v) is 7.08. The summed E-state index contributed by atoms with van der Waals surface area (Å²) in [5, 5.41) is 3.11. The van der Waals surface area contributed by atoms with Gasteiger partial charge in [0.15, 0.2) is 0 Å². The van der Waals surface area contributed by atoms with Gasteiger partial charge in [0.1, 0.15) is 5.60 Å². The van der Waals surface area contributed by atoms with Gasteiger partial charge in [0, 0.05) is 19.1 Å². The smallest absolute Gasteiger partial charge is 0.410 e. The highest BCUT2D eigenvalue weighted by Gasteiger charge is 2.28. The lowest BCUT2D eigenvalue weighted by molar-refractivity contribution is 0.0125. The number of ether oxygens (including phenoxy) is 1. The van der Waals surface area contributed by atoms with Crippen LogP contribution in [0.5, 0.6) is 0 Å². The van der Waals surface area contributed by atoms with Gasteiger partial charge in [0.25, 0.3) is 0 Å². The molecule has 0 aromatic carbocycles. The molecule has 0 aromatic heterocycles. The molecule has 0 radical (unpaired) electrons. The Hall–Kier alpha value is -0.770. The number of likely N-dealkylation sites (N-methyl/N-ethyl adjacent to an activating group) is 1. The molecule has 0 saturated heterocycles. The molecule has 4 heteroatoms. The summed E-state index contributed by atoms with van der Waals surface area (Å²) < 4.78 is 5.51. The Morgan fingerprint density at radius 2 is 1.89 bits per heavy atom. The van der Waals surface area contributed by atoms with Gasteiger partial charge in [0.05, 0.1) is 0 Å². The molecule has 18 heavy (non-hydrogen) atoms. The molecule has 1 aliphatic rings. The lowest BCUT2D eigenvalue weighted by Gasteiger charge is -2.35. The highest BCUT2D eigenvalue weighted by atomic mass is 16.6. The maximum atomic E-state index is 12.2. The number of amides is 1. The zero-order valence-electron chi connectivity index (χ0n) is 12.3. The number of carbonyl (C=O) groups is 1. The Morgan fingerprint density at radius 3 is 2.39 bits per heavy atom. The Bertz CT molecular complexity index is 255. The molecule has 4 nitrogen and oxygen atoms in total.